The maximum atomic E-state index is 12.1. The first-order valence-electron chi connectivity index (χ1n) is 5.76. The lowest BCUT2D eigenvalue weighted by atomic mass is 9.97. The summed E-state index contributed by atoms with van der Waals surface area (Å²) in [5.41, 5.74) is 5.01. The van der Waals surface area contributed by atoms with Crippen LogP contribution in [0.3, 0.4) is 0 Å². The highest BCUT2D eigenvalue weighted by Gasteiger charge is 2.41. The zero-order chi connectivity index (χ0) is 12.3. The topological polar surface area (TPSA) is 75.4 Å². The molecule has 1 aliphatic rings. The number of carbonyl (C=O) groups excluding carboxylic acids is 2. The van der Waals surface area contributed by atoms with Gasteiger partial charge in [-0.3, -0.25) is 9.59 Å². The molecule has 16 heavy (non-hydrogen) atoms. The van der Waals surface area contributed by atoms with E-state index in [-0.39, 0.29) is 11.8 Å². The number of nitrogens with zero attached hydrogens (tertiary/aromatic N) is 1. The number of hydrogen-bond donors (Lipinski definition) is 2. The van der Waals surface area contributed by atoms with E-state index >= 15 is 0 Å². The van der Waals surface area contributed by atoms with E-state index in [1.54, 1.807) is 18.7 Å². The van der Waals surface area contributed by atoms with Crippen LogP contribution in [0, 0.1) is 0 Å². The third-order valence-corrected chi connectivity index (χ3v) is 3.03. The molecule has 2 amide bonds. The Hall–Kier alpha value is -1.10. The summed E-state index contributed by atoms with van der Waals surface area (Å²) in [6.07, 6.45) is 1.53. The van der Waals surface area contributed by atoms with Crippen molar-refractivity contribution >= 4 is 11.8 Å². The molecule has 1 saturated heterocycles. The summed E-state index contributed by atoms with van der Waals surface area (Å²) >= 11 is 0. The van der Waals surface area contributed by atoms with Gasteiger partial charge in [-0.15, -0.1) is 0 Å². The molecule has 0 bridgehead atoms. The summed E-state index contributed by atoms with van der Waals surface area (Å²) < 4.78 is 0. The maximum Gasteiger partial charge on any atom is 0.245 e. The van der Waals surface area contributed by atoms with Crippen LogP contribution >= 0.6 is 0 Å². The maximum absolute atomic E-state index is 12.1. The van der Waals surface area contributed by atoms with Crippen molar-refractivity contribution in [1.82, 2.24) is 10.2 Å². The molecule has 0 aromatic carbocycles. The van der Waals surface area contributed by atoms with Gasteiger partial charge in [0.05, 0.1) is 6.04 Å². The van der Waals surface area contributed by atoms with Gasteiger partial charge in [0.2, 0.25) is 11.8 Å². The minimum Gasteiger partial charge on any atom is -0.352 e. The summed E-state index contributed by atoms with van der Waals surface area (Å²) in [6, 6.07) is -0.491. The average molecular weight is 227 g/mol. The molecule has 1 rings (SSSR count). The van der Waals surface area contributed by atoms with Gasteiger partial charge in [-0.2, -0.15) is 0 Å². The Morgan fingerprint density at radius 3 is 2.81 bits per heavy atom. The number of rotatable bonds is 3. The fourth-order valence-electron chi connectivity index (χ4n) is 1.92. The summed E-state index contributed by atoms with van der Waals surface area (Å²) in [5.74, 6) is -0.238. The van der Waals surface area contributed by atoms with E-state index in [2.05, 4.69) is 5.32 Å². The lowest BCUT2D eigenvalue weighted by molar-refractivity contribution is -0.150. The average Bonchev–Trinajstić information content (AvgIpc) is 2.21. The van der Waals surface area contributed by atoms with Gasteiger partial charge in [-0.05, 0) is 20.3 Å². The fraction of sp³-hybridized carbons (Fsp3) is 0.818. The lowest BCUT2D eigenvalue weighted by Gasteiger charge is -2.42. The molecule has 92 valence electrons. The molecule has 0 spiro atoms. The van der Waals surface area contributed by atoms with E-state index in [1.165, 1.54) is 0 Å². The lowest BCUT2D eigenvalue weighted by Crippen LogP contribution is -2.65. The highest BCUT2D eigenvalue weighted by Crippen LogP contribution is 2.19. The standard InChI is InChI=1S/C11H21N3O2/c1-4-5-8(12)9(15)14-7-6-13-10(16)11(14,2)3/h8H,4-7,12H2,1-3H3,(H,13,16)/t8-/m1/s1. The molecule has 1 atom stereocenters. The first kappa shape index (κ1) is 13.0. The minimum atomic E-state index is -0.791. The molecule has 0 aliphatic carbocycles. The molecule has 5 heteroatoms. The van der Waals surface area contributed by atoms with Crippen LogP contribution in [0.1, 0.15) is 33.6 Å². The van der Waals surface area contributed by atoms with E-state index in [1.807, 2.05) is 6.92 Å². The molecule has 1 fully saturated rings. The Morgan fingerprint density at radius 2 is 2.25 bits per heavy atom. The fourth-order valence-corrected chi connectivity index (χ4v) is 1.92. The normalized spacial score (nSPS) is 21.5. The highest BCUT2D eigenvalue weighted by atomic mass is 16.2. The van der Waals surface area contributed by atoms with Crippen molar-refractivity contribution < 1.29 is 9.59 Å². The monoisotopic (exact) mass is 227 g/mol. The van der Waals surface area contributed by atoms with Crippen LogP contribution in [0.4, 0.5) is 0 Å². The van der Waals surface area contributed by atoms with Gasteiger partial charge in [0.15, 0.2) is 0 Å². The number of carbonyl (C=O) groups is 2. The Kier molecular flexibility index (Phi) is 3.91. The summed E-state index contributed by atoms with van der Waals surface area (Å²) in [7, 11) is 0. The predicted molar refractivity (Wildman–Crippen MR) is 61.7 cm³/mol. The molecular weight excluding hydrogens is 206 g/mol. The van der Waals surface area contributed by atoms with Gasteiger partial charge in [0, 0.05) is 13.1 Å². The van der Waals surface area contributed by atoms with Gasteiger partial charge in [-0.25, -0.2) is 0 Å². The van der Waals surface area contributed by atoms with E-state index in [9.17, 15) is 9.59 Å². The molecule has 0 radical (unpaired) electrons. The number of piperazine rings is 1. The second kappa shape index (κ2) is 4.82. The van der Waals surface area contributed by atoms with Gasteiger partial charge in [-0.1, -0.05) is 13.3 Å². The Morgan fingerprint density at radius 1 is 1.62 bits per heavy atom. The first-order chi connectivity index (χ1) is 7.41. The predicted octanol–water partition coefficient (Wildman–Crippen LogP) is -0.149. The molecule has 0 unspecified atom stereocenters. The van der Waals surface area contributed by atoms with Crippen molar-refractivity contribution in [3.63, 3.8) is 0 Å². The van der Waals surface area contributed by atoms with Gasteiger partial charge >= 0.3 is 0 Å². The Bertz CT molecular complexity index is 289. The van der Waals surface area contributed by atoms with Crippen molar-refractivity contribution in [3.8, 4) is 0 Å². The zero-order valence-electron chi connectivity index (χ0n) is 10.2. The quantitative estimate of drug-likeness (QED) is 0.704. The molecule has 0 aromatic rings. The molecule has 1 heterocycles. The van der Waals surface area contributed by atoms with Crippen molar-refractivity contribution in [2.75, 3.05) is 13.1 Å². The van der Waals surface area contributed by atoms with Crippen LogP contribution in [0.15, 0.2) is 0 Å². The van der Waals surface area contributed by atoms with Crippen LogP contribution in [-0.2, 0) is 9.59 Å². The molecule has 5 nitrogen and oxygen atoms in total. The molecule has 0 saturated carbocycles. The second-order valence-electron chi connectivity index (χ2n) is 4.70. The minimum absolute atomic E-state index is 0.115. The van der Waals surface area contributed by atoms with E-state index < -0.39 is 11.6 Å². The smallest absolute Gasteiger partial charge is 0.245 e. The summed E-state index contributed by atoms with van der Waals surface area (Å²) in [6.45, 7) is 6.53. The van der Waals surface area contributed by atoms with Gasteiger partial charge < -0.3 is 16.0 Å². The van der Waals surface area contributed by atoms with Crippen LogP contribution in [-0.4, -0.2) is 41.4 Å². The SMILES string of the molecule is CCC[C@@H](N)C(=O)N1CCNC(=O)C1(C)C. The van der Waals surface area contributed by atoms with Crippen molar-refractivity contribution in [2.24, 2.45) is 5.73 Å². The van der Waals surface area contributed by atoms with Gasteiger partial charge in [0.25, 0.3) is 0 Å². The Labute approximate surface area is 96.4 Å². The number of hydrogen-bond acceptors (Lipinski definition) is 3. The first-order valence-corrected chi connectivity index (χ1v) is 5.76. The van der Waals surface area contributed by atoms with Crippen LogP contribution in [0.5, 0.6) is 0 Å². The third-order valence-electron chi connectivity index (χ3n) is 3.03. The second-order valence-corrected chi connectivity index (χ2v) is 4.70. The van der Waals surface area contributed by atoms with Crippen LogP contribution in [0.2, 0.25) is 0 Å². The number of amides is 2. The van der Waals surface area contributed by atoms with E-state index in [0.717, 1.165) is 6.42 Å². The van der Waals surface area contributed by atoms with Crippen molar-refractivity contribution in [2.45, 2.75) is 45.2 Å². The van der Waals surface area contributed by atoms with E-state index in [0.29, 0.717) is 19.5 Å². The zero-order valence-corrected chi connectivity index (χ0v) is 10.2. The largest absolute Gasteiger partial charge is 0.352 e. The summed E-state index contributed by atoms with van der Waals surface area (Å²) in [5, 5.41) is 2.75. The molecule has 3 N–H and O–H groups in total. The van der Waals surface area contributed by atoms with Crippen LogP contribution < -0.4 is 11.1 Å². The number of nitrogens with two attached hydrogens (primary N) is 1. The van der Waals surface area contributed by atoms with Crippen LogP contribution in [0.25, 0.3) is 0 Å². The molecule has 1 aliphatic heterocycles. The Balaban J connectivity index is 2.78. The van der Waals surface area contributed by atoms with Crippen molar-refractivity contribution in [3.05, 3.63) is 0 Å². The third kappa shape index (κ3) is 2.35. The van der Waals surface area contributed by atoms with Crippen molar-refractivity contribution in [1.29, 1.82) is 0 Å². The number of nitrogens with one attached hydrogen (secondary N) is 1. The molecular formula is C11H21N3O2. The highest BCUT2D eigenvalue weighted by molar-refractivity contribution is 5.93. The van der Waals surface area contributed by atoms with E-state index in [4.69, 9.17) is 5.73 Å². The molecule has 0 aromatic heterocycles. The van der Waals surface area contributed by atoms with Gasteiger partial charge in [0.1, 0.15) is 5.54 Å². The summed E-state index contributed by atoms with van der Waals surface area (Å²) in [4.78, 5) is 25.3.